The van der Waals surface area contributed by atoms with Gasteiger partial charge in [-0.15, -0.1) is 0 Å². The minimum absolute atomic E-state index is 0.261. The molecule has 1 nitrogen and oxygen atoms in total. The molecule has 0 bridgehead atoms. The van der Waals surface area contributed by atoms with Gasteiger partial charge in [0.05, 0.1) is 12.2 Å². The molecule has 1 aliphatic rings. The van der Waals surface area contributed by atoms with Crippen molar-refractivity contribution >= 4 is 0 Å². The van der Waals surface area contributed by atoms with Crippen molar-refractivity contribution in [2.45, 2.75) is 60.2 Å². The Hall–Kier alpha value is -0.820. The fourth-order valence-electron chi connectivity index (χ4n) is 3.50. The van der Waals surface area contributed by atoms with Crippen LogP contribution in [0, 0.1) is 31.6 Å². The van der Waals surface area contributed by atoms with Crippen LogP contribution in [0.3, 0.4) is 0 Å². The van der Waals surface area contributed by atoms with Gasteiger partial charge in [-0.05, 0) is 49.1 Å². The molecule has 1 heterocycles. The molecule has 106 valence electrons. The Bertz CT molecular complexity index is 435. The summed E-state index contributed by atoms with van der Waals surface area (Å²) < 4.78 is 6.44. The summed E-state index contributed by atoms with van der Waals surface area (Å²) in [5, 5.41) is 0. The van der Waals surface area contributed by atoms with Crippen LogP contribution in [0.5, 0.6) is 0 Å². The lowest BCUT2D eigenvalue weighted by Crippen LogP contribution is -2.40. The van der Waals surface area contributed by atoms with E-state index in [0.717, 1.165) is 6.42 Å². The van der Waals surface area contributed by atoms with Crippen LogP contribution in [0.25, 0.3) is 0 Å². The zero-order chi connectivity index (χ0) is 14.2. The molecule has 1 saturated heterocycles. The Kier molecular flexibility index (Phi) is 4.35. The van der Waals surface area contributed by atoms with E-state index in [1.54, 1.807) is 0 Å². The van der Waals surface area contributed by atoms with E-state index < -0.39 is 0 Å². The molecule has 5 unspecified atom stereocenters. The molecular formula is C18H28O. The zero-order valence-corrected chi connectivity index (χ0v) is 13.2. The Balaban J connectivity index is 2.32. The first-order chi connectivity index (χ1) is 8.95. The van der Waals surface area contributed by atoms with Gasteiger partial charge < -0.3 is 4.74 Å². The van der Waals surface area contributed by atoms with Gasteiger partial charge in [0.1, 0.15) is 0 Å². The third-order valence-electron chi connectivity index (χ3n) is 5.18. The monoisotopic (exact) mass is 260 g/mol. The molecule has 0 radical (unpaired) electrons. The number of ether oxygens (including phenoxy) is 1. The summed E-state index contributed by atoms with van der Waals surface area (Å²) in [5.41, 5.74) is 4.09. The van der Waals surface area contributed by atoms with Gasteiger partial charge in [-0.3, -0.25) is 0 Å². The van der Waals surface area contributed by atoms with Crippen LogP contribution in [0.2, 0.25) is 0 Å². The number of hydrogen-bond acceptors (Lipinski definition) is 1. The van der Waals surface area contributed by atoms with Gasteiger partial charge in [0.2, 0.25) is 0 Å². The molecule has 0 saturated carbocycles. The molecule has 1 aliphatic heterocycles. The van der Waals surface area contributed by atoms with E-state index in [1.165, 1.54) is 16.7 Å². The van der Waals surface area contributed by atoms with E-state index in [4.69, 9.17) is 4.74 Å². The maximum absolute atomic E-state index is 6.44. The smallest absolute Gasteiger partial charge is 0.0859 e. The van der Waals surface area contributed by atoms with E-state index in [2.05, 4.69) is 59.7 Å². The molecule has 0 N–H and O–H groups in total. The molecule has 1 heteroatoms. The van der Waals surface area contributed by atoms with Gasteiger partial charge in [-0.1, -0.05) is 51.5 Å². The van der Waals surface area contributed by atoms with Crippen molar-refractivity contribution in [1.82, 2.24) is 0 Å². The lowest BCUT2D eigenvalue weighted by atomic mass is 9.74. The van der Waals surface area contributed by atoms with Gasteiger partial charge in [-0.2, -0.15) is 0 Å². The second-order valence-corrected chi connectivity index (χ2v) is 6.44. The molecule has 2 rings (SSSR count). The highest BCUT2D eigenvalue weighted by atomic mass is 16.5. The fourth-order valence-corrected chi connectivity index (χ4v) is 3.50. The molecule has 5 atom stereocenters. The molecular weight excluding hydrogens is 232 g/mol. The Morgan fingerprint density at radius 3 is 2.26 bits per heavy atom. The van der Waals surface area contributed by atoms with Gasteiger partial charge in [0.15, 0.2) is 0 Å². The molecule has 0 aromatic heterocycles. The zero-order valence-electron chi connectivity index (χ0n) is 13.2. The predicted molar refractivity (Wildman–Crippen MR) is 81.3 cm³/mol. The average molecular weight is 260 g/mol. The van der Waals surface area contributed by atoms with Crippen molar-refractivity contribution in [3.8, 4) is 0 Å². The minimum Gasteiger partial charge on any atom is -0.370 e. The summed E-state index contributed by atoms with van der Waals surface area (Å²) in [6.07, 6.45) is 1.77. The topological polar surface area (TPSA) is 9.23 Å². The summed E-state index contributed by atoms with van der Waals surface area (Å²) in [4.78, 5) is 0. The first-order valence-corrected chi connectivity index (χ1v) is 7.68. The first-order valence-electron chi connectivity index (χ1n) is 7.68. The summed E-state index contributed by atoms with van der Waals surface area (Å²) >= 11 is 0. The van der Waals surface area contributed by atoms with Crippen molar-refractivity contribution in [2.24, 2.45) is 17.8 Å². The summed E-state index contributed by atoms with van der Waals surface area (Å²) in [6.45, 7) is 13.7. The van der Waals surface area contributed by atoms with E-state index in [0.29, 0.717) is 23.9 Å². The SMILES string of the molecule is CCC1OC(c2ccc(C)cc2C)C(C)C(C)C1C. The van der Waals surface area contributed by atoms with Gasteiger partial charge >= 0.3 is 0 Å². The minimum atomic E-state index is 0.261. The second kappa shape index (κ2) is 5.66. The maximum Gasteiger partial charge on any atom is 0.0859 e. The number of rotatable bonds is 2. The molecule has 0 spiro atoms. The second-order valence-electron chi connectivity index (χ2n) is 6.44. The summed E-state index contributed by atoms with van der Waals surface area (Å²) in [5.74, 6) is 1.95. The highest BCUT2D eigenvalue weighted by Crippen LogP contribution is 2.44. The van der Waals surface area contributed by atoms with E-state index in [-0.39, 0.29) is 6.10 Å². The lowest BCUT2D eigenvalue weighted by Gasteiger charge is -2.44. The van der Waals surface area contributed by atoms with Crippen molar-refractivity contribution in [1.29, 1.82) is 0 Å². The van der Waals surface area contributed by atoms with Crippen molar-refractivity contribution < 1.29 is 4.74 Å². The van der Waals surface area contributed by atoms with Crippen LogP contribution >= 0.6 is 0 Å². The van der Waals surface area contributed by atoms with Gasteiger partial charge in [0, 0.05) is 0 Å². The third kappa shape index (κ3) is 2.72. The summed E-state index contributed by atoms with van der Waals surface area (Å²) in [7, 11) is 0. The highest BCUT2D eigenvalue weighted by molar-refractivity contribution is 5.32. The lowest BCUT2D eigenvalue weighted by molar-refractivity contribution is -0.136. The Morgan fingerprint density at radius 2 is 1.68 bits per heavy atom. The Labute approximate surface area is 118 Å². The summed E-state index contributed by atoms with van der Waals surface area (Å²) in [6, 6.07) is 6.75. The van der Waals surface area contributed by atoms with Crippen molar-refractivity contribution in [3.05, 3.63) is 34.9 Å². The fraction of sp³-hybridized carbons (Fsp3) is 0.667. The number of aryl methyl sites for hydroxylation is 2. The quantitative estimate of drug-likeness (QED) is 0.722. The van der Waals surface area contributed by atoms with Crippen LogP contribution in [0.4, 0.5) is 0 Å². The standard InChI is InChI=1S/C18H28O/c1-7-17-14(5)13(4)15(6)18(19-17)16-9-8-11(2)10-12(16)3/h8-10,13-15,17-18H,7H2,1-6H3. The normalized spacial score (nSPS) is 35.4. The number of benzene rings is 1. The molecule has 1 fully saturated rings. The van der Waals surface area contributed by atoms with Crippen LogP contribution in [0.1, 0.15) is 56.9 Å². The highest BCUT2D eigenvalue weighted by Gasteiger charge is 2.39. The molecule has 0 amide bonds. The third-order valence-corrected chi connectivity index (χ3v) is 5.18. The van der Waals surface area contributed by atoms with Crippen molar-refractivity contribution in [2.75, 3.05) is 0 Å². The van der Waals surface area contributed by atoms with Crippen LogP contribution in [-0.2, 0) is 4.74 Å². The van der Waals surface area contributed by atoms with E-state index in [1.807, 2.05) is 0 Å². The molecule has 1 aromatic rings. The first kappa shape index (κ1) is 14.6. The predicted octanol–water partition coefficient (Wildman–Crippen LogP) is 5.06. The maximum atomic E-state index is 6.44. The molecule has 0 aliphatic carbocycles. The van der Waals surface area contributed by atoms with Gasteiger partial charge in [-0.25, -0.2) is 0 Å². The van der Waals surface area contributed by atoms with Crippen LogP contribution in [-0.4, -0.2) is 6.10 Å². The van der Waals surface area contributed by atoms with E-state index >= 15 is 0 Å². The van der Waals surface area contributed by atoms with Crippen LogP contribution < -0.4 is 0 Å². The van der Waals surface area contributed by atoms with Gasteiger partial charge in [0.25, 0.3) is 0 Å². The average Bonchev–Trinajstić information content (AvgIpc) is 2.38. The largest absolute Gasteiger partial charge is 0.370 e. The number of hydrogen-bond donors (Lipinski definition) is 0. The van der Waals surface area contributed by atoms with Crippen LogP contribution in [0.15, 0.2) is 18.2 Å². The Morgan fingerprint density at radius 1 is 1.00 bits per heavy atom. The van der Waals surface area contributed by atoms with E-state index in [9.17, 15) is 0 Å². The van der Waals surface area contributed by atoms with Crippen molar-refractivity contribution in [3.63, 3.8) is 0 Å². The molecule has 1 aromatic carbocycles. The molecule has 19 heavy (non-hydrogen) atoms.